The lowest BCUT2D eigenvalue weighted by atomic mass is 9.94. The molecule has 1 saturated heterocycles. The second-order valence-corrected chi connectivity index (χ2v) is 6.02. The minimum atomic E-state index is -0.971. The van der Waals surface area contributed by atoms with Crippen LogP contribution in [0.5, 0.6) is 0 Å². The maximum absolute atomic E-state index is 12.3. The summed E-state index contributed by atoms with van der Waals surface area (Å²) in [5, 5.41) is 11.8. The second-order valence-electron chi connectivity index (χ2n) is 6.02. The molecule has 2 fully saturated rings. The summed E-state index contributed by atoms with van der Waals surface area (Å²) in [4.78, 5) is 47.8. The molecule has 7 nitrogen and oxygen atoms in total. The molecule has 1 heterocycles. The van der Waals surface area contributed by atoms with Crippen LogP contribution in [0.3, 0.4) is 0 Å². The van der Waals surface area contributed by atoms with Crippen molar-refractivity contribution in [2.45, 2.75) is 38.6 Å². The zero-order chi connectivity index (χ0) is 15.7. The van der Waals surface area contributed by atoms with Crippen molar-refractivity contribution in [3.63, 3.8) is 0 Å². The topological polar surface area (TPSA) is 104 Å². The SMILES string of the molecule is CC1C[C@H](C(=O)NC2CCC(=O)N(C)C2=O)[C@H](C(=O)O)C1. The molecular formula is C14H20N2O5. The standard InChI is InChI=1S/C14H20N2O5/c1-7-5-8(9(6-7)14(20)21)12(18)15-10-3-4-11(17)16(2)13(10)19/h7-10H,3-6H2,1-2H3,(H,15,18)(H,20,21)/t7?,8-,9+,10?/m0/s1. The van der Waals surface area contributed by atoms with Crippen molar-refractivity contribution >= 4 is 23.7 Å². The van der Waals surface area contributed by atoms with Gasteiger partial charge in [0, 0.05) is 13.5 Å². The van der Waals surface area contributed by atoms with Crippen LogP contribution >= 0.6 is 0 Å². The lowest BCUT2D eigenvalue weighted by Crippen LogP contribution is -2.54. The van der Waals surface area contributed by atoms with Crippen LogP contribution in [0.2, 0.25) is 0 Å². The van der Waals surface area contributed by atoms with E-state index in [0.717, 1.165) is 4.90 Å². The third kappa shape index (κ3) is 3.06. The van der Waals surface area contributed by atoms with Gasteiger partial charge in [-0.05, 0) is 25.2 Å². The Hall–Kier alpha value is -1.92. The zero-order valence-electron chi connectivity index (χ0n) is 12.2. The molecule has 0 spiro atoms. The number of likely N-dealkylation sites (N-methyl/N-ethyl adjacent to an activating group) is 1. The number of piperidine rings is 1. The minimum Gasteiger partial charge on any atom is -0.481 e. The molecule has 0 aromatic carbocycles. The van der Waals surface area contributed by atoms with Gasteiger partial charge in [-0.1, -0.05) is 6.92 Å². The molecule has 2 N–H and O–H groups in total. The molecule has 0 aromatic rings. The van der Waals surface area contributed by atoms with E-state index in [1.807, 2.05) is 6.92 Å². The van der Waals surface area contributed by atoms with E-state index in [1.54, 1.807) is 0 Å². The highest BCUT2D eigenvalue weighted by Gasteiger charge is 2.43. The molecule has 1 saturated carbocycles. The molecule has 21 heavy (non-hydrogen) atoms. The van der Waals surface area contributed by atoms with Crippen molar-refractivity contribution in [3.8, 4) is 0 Å². The van der Waals surface area contributed by atoms with Gasteiger partial charge in [0.1, 0.15) is 6.04 Å². The van der Waals surface area contributed by atoms with Gasteiger partial charge in [0.05, 0.1) is 11.8 Å². The quantitative estimate of drug-likeness (QED) is 0.713. The first-order valence-corrected chi connectivity index (χ1v) is 7.14. The average Bonchev–Trinajstić information content (AvgIpc) is 2.82. The molecule has 2 rings (SSSR count). The van der Waals surface area contributed by atoms with Crippen LogP contribution in [-0.2, 0) is 19.2 Å². The van der Waals surface area contributed by atoms with E-state index >= 15 is 0 Å². The van der Waals surface area contributed by atoms with Gasteiger partial charge in [-0.3, -0.25) is 24.1 Å². The summed E-state index contributed by atoms with van der Waals surface area (Å²) in [5.74, 6) is -3.19. The fraction of sp³-hybridized carbons (Fsp3) is 0.714. The van der Waals surface area contributed by atoms with Crippen LogP contribution in [-0.4, -0.2) is 46.8 Å². The third-order valence-corrected chi connectivity index (χ3v) is 4.42. The van der Waals surface area contributed by atoms with Gasteiger partial charge in [0.15, 0.2) is 0 Å². The van der Waals surface area contributed by atoms with Crippen LogP contribution in [0.15, 0.2) is 0 Å². The number of carbonyl (C=O) groups excluding carboxylic acids is 3. The molecule has 1 aliphatic heterocycles. The molecule has 2 aliphatic rings. The molecule has 3 amide bonds. The summed E-state index contributed by atoms with van der Waals surface area (Å²) in [5.41, 5.74) is 0. The van der Waals surface area contributed by atoms with Crippen LogP contribution in [0.25, 0.3) is 0 Å². The van der Waals surface area contributed by atoms with E-state index in [4.69, 9.17) is 0 Å². The van der Waals surface area contributed by atoms with E-state index in [9.17, 15) is 24.3 Å². The summed E-state index contributed by atoms with van der Waals surface area (Å²) in [6, 6.07) is -0.731. The summed E-state index contributed by atoms with van der Waals surface area (Å²) >= 11 is 0. The minimum absolute atomic E-state index is 0.174. The average molecular weight is 296 g/mol. The number of hydrogen-bond donors (Lipinski definition) is 2. The molecule has 116 valence electrons. The Balaban J connectivity index is 2.02. The zero-order valence-corrected chi connectivity index (χ0v) is 12.2. The number of likely N-dealkylation sites (tertiary alicyclic amines) is 1. The first kappa shape index (κ1) is 15.5. The van der Waals surface area contributed by atoms with E-state index < -0.39 is 35.7 Å². The number of aliphatic carboxylic acids is 1. The fourth-order valence-corrected chi connectivity index (χ4v) is 3.18. The molecule has 0 bridgehead atoms. The molecule has 2 unspecified atom stereocenters. The number of carbonyl (C=O) groups is 4. The first-order valence-electron chi connectivity index (χ1n) is 7.14. The van der Waals surface area contributed by atoms with E-state index in [1.165, 1.54) is 7.05 Å². The van der Waals surface area contributed by atoms with Crippen molar-refractivity contribution in [2.24, 2.45) is 17.8 Å². The van der Waals surface area contributed by atoms with E-state index in [-0.39, 0.29) is 24.7 Å². The Kier molecular flexibility index (Phi) is 4.29. The van der Waals surface area contributed by atoms with Gasteiger partial charge in [-0.15, -0.1) is 0 Å². The van der Waals surface area contributed by atoms with Crippen LogP contribution in [0.1, 0.15) is 32.6 Å². The largest absolute Gasteiger partial charge is 0.481 e. The van der Waals surface area contributed by atoms with Crippen LogP contribution < -0.4 is 5.32 Å². The van der Waals surface area contributed by atoms with Gasteiger partial charge in [-0.2, -0.15) is 0 Å². The Labute approximate surface area is 122 Å². The van der Waals surface area contributed by atoms with Crippen LogP contribution in [0, 0.1) is 17.8 Å². The maximum Gasteiger partial charge on any atom is 0.307 e. The lowest BCUT2D eigenvalue weighted by Gasteiger charge is -2.29. The monoisotopic (exact) mass is 296 g/mol. The highest BCUT2D eigenvalue weighted by Crippen LogP contribution is 2.36. The van der Waals surface area contributed by atoms with Crippen molar-refractivity contribution in [2.75, 3.05) is 7.05 Å². The van der Waals surface area contributed by atoms with Gasteiger partial charge in [-0.25, -0.2) is 0 Å². The predicted octanol–water partition coefficient (Wildman–Crippen LogP) is -0.00310. The highest BCUT2D eigenvalue weighted by atomic mass is 16.4. The van der Waals surface area contributed by atoms with Gasteiger partial charge in [0.25, 0.3) is 5.91 Å². The number of carboxylic acid groups (broad SMARTS) is 1. The van der Waals surface area contributed by atoms with Gasteiger partial charge in [0.2, 0.25) is 11.8 Å². The summed E-state index contributed by atoms with van der Waals surface area (Å²) in [6.07, 6.45) is 1.47. The molecular weight excluding hydrogens is 276 g/mol. The fourth-order valence-electron chi connectivity index (χ4n) is 3.18. The number of imide groups is 1. The van der Waals surface area contributed by atoms with Crippen molar-refractivity contribution in [1.29, 1.82) is 0 Å². The number of nitrogens with one attached hydrogen (secondary N) is 1. The first-order chi connectivity index (χ1) is 9.81. The summed E-state index contributed by atoms with van der Waals surface area (Å²) in [6.45, 7) is 1.92. The van der Waals surface area contributed by atoms with E-state index in [0.29, 0.717) is 12.8 Å². The molecule has 0 radical (unpaired) electrons. The third-order valence-electron chi connectivity index (χ3n) is 4.42. The number of hydrogen-bond acceptors (Lipinski definition) is 4. The molecule has 0 aromatic heterocycles. The molecule has 7 heteroatoms. The molecule has 1 aliphatic carbocycles. The Morgan fingerprint density at radius 3 is 2.48 bits per heavy atom. The van der Waals surface area contributed by atoms with Crippen molar-refractivity contribution < 1.29 is 24.3 Å². The number of nitrogens with zero attached hydrogens (tertiary/aromatic N) is 1. The van der Waals surface area contributed by atoms with Crippen LogP contribution in [0.4, 0.5) is 0 Å². The summed E-state index contributed by atoms with van der Waals surface area (Å²) < 4.78 is 0. The second kappa shape index (κ2) is 5.83. The normalized spacial score (nSPS) is 33.1. The Morgan fingerprint density at radius 2 is 1.86 bits per heavy atom. The smallest absolute Gasteiger partial charge is 0.307 e. The molecule has 4 atom stereocenters. The Morgan fingerprint density at radius 1 is 1.24 bits per heavy atom. The number of carboxylic acids is 1. The van der Waals surface area contributed by atoms with Crippen molar-refractivity contribution in [1.82, 2.24) is 10.2 Å². The predicted molar refractivity (Wildman–Crippen MR) is 72.0 cm³/mol. The number of rotatable bonds is 3. The summed E-state index contributed by atoms with van der Waals surface area (Å²) in [7, 11) is 1.39. The van der Waals surface area contributed by atoms with Gasteiger partial charge < -0.3 is 10.4 Å². The lowest BCUT2D eigenvalue weighted by molar-refractivity contribution is -0.150. The number of amides is 3. The maximum atomic E-state index is 12.3. The van der Waals surface area contributed by atoms with E-state index in [2.05, 4.69) is 5.32 Å². The Bertz CT molecular complexity index is 490. The highest BCUT2D eigenvalue weighted by molar-refractivity contribution is 6.01. The van der Waals surface area contributed by atoms with Gasteiger partial charge >= 0.3 is 5.97 Å². The van der Waals surface area contributed by atoms with Crippen molar-refractivity contribution in [3.05, 3.63) is 0 Å².